The normalized spacial score (nSPS) is 24.1. The van der Waals surface area contributed by atoms with Gasteiger partial charge in [-0.2, -0.15) is 29.6 Å². The maximum absolute atomic E-state index is 4.94. The molecule has 0 spiro atoms. The largest absolute Gasteiger partial charge is 1.00 e. The molecule has 6 N–H and O–H groups in total. The van der Waals surface area contributed by atoms with Crippen LogP contribution in [0.15, 0.2) is 232 Å². The predicted octanol–water partition coefficient (Wildman–Crippen LogP) is -8.36. The Morgan fingerprint density at radius 3 is 0.946 bits per heavy atom. The second-order valence-electron chi connectivity index (χ2n) is 19.6. The first kappa shape index (κ1) is 52.3. The van der Waals surface area contributed by atoms with Gasteiger partial charge >= 0.3 is 63.9 Å². The SMILES string of the molecule is C1CCOC1.C1CCOC1.C[NH+]1[B@-](c2ccccc2)(n2ccc[nH+]2)n2ccc[n+]2[B@-]1(c1ccccc1)n1ccc[nH+]1.C[NH+]1[B@@-](c2ccccc2)(n2ccc[nH+]2)n2ccc[n+]2[B@@-]1(c1ccccc1)n1ccc[nH+]1.[Li+].[Li+]. The van der Waals surface area contributed by atoms with Gasteiger partial charge in [0.15, 0.2) is 24.8 Å². The van der Waals surface area contributed by atoms with Crippen molar-refractivity contribution in [2.24, 2.45) is 0 Å². The fourth-order valence-corrected chi connectivity index (χ4v) is 13.3. The Morgan fingerprint density at radius 2 is 0.676 bits per heavy atom. The number of hydrogen-bond donors (Lipinski definition) is 2. The van der Waals surface area contributed by atoms with Gasteiger partial charge in [-0.15, -0.1) is 0 Å². The molecule has 6 aromatic heterocycles. The molecule has 364 valence electrons. The van der Waals surface area contributed by atoms with Crippen molar-refractivity contribution < 1.29 is 86.2 Å². The van der Waals surface area contributed by atoms with Gasteiger partial charge in [0.25, 0.3) is 0 Å². The number of hydrogen-bond acceptors (Lipinski definition) is 2. The Kier molecular flexibility index (Phi) is 16.2. The summed E-state index contributed by atoms with van der Waals surface area (Å²) in [6.45, 7) is -1.99. The van der Waals surface area contributed by atoms with E-state index in [1.807, 2.05) is 24.8 Å². The predicted molar refractivity (Wildman–Crippen MR) is 278 cm³/mol. The minimum Gasteiger partial charge on any atom is -0.588 e. The third-order valence-electron chi connectivity index (χ3n) is 16.1. The van der Waals surface area contributed by atoms with E-state index in [0.717, 1.165) is 26.4 Å². The van der Waals surface area contributed by atoms with Crippen LogP contribution in [0.1, 0.15) is 25.7 Å². The van der Waals surface area contributed by atoms with Gasteiger partial charge in [0.05, 0.1) is 0 Å². The Labute approximate surface area is 457 Å². The molecule has 0 amide bonds. The summed E-state index contributed by atoms with van der Waals surface area (Å²) < 4.78 is 31.3. The molecule has 10 aromatic rings. The third-order valence-corrected chi connectivity index (χ3v) is 16.1. The van der Waals surface area contributed by atoms with E-state index in [9.17, 15) is 0 Å². The number of rotatable bonds is 8. The van der Waals surface area contributed by atoms with Gasteiger partial charge < -0.3 is 18.9 Å². The molecule has 4 aromatic carbocycles. The van der Waals surface area contributed by atoms with Crippen molar-refractivity contribution >= 4 is 48.1 Å². The molecular formula is C52H66B4Li2N14O2+6. The molecule has 4 aliphatic rings. The molecule has 14 rings (SSSR count). The van der Waals surface area contributed by atoms with E-state index in [0.29, 0.717) is 0 Å². The van der Waals surface area contributed by atoms with Crippen LogP contribution < -0.4 is 98.6 Å². The van der Waals surface area contributed by atoms with Crippen LogP contribution in [0.25, 0.3) is 0 Å². The van der Waals surface area contributed by atoms with Crippen molar-refractivity contribution in [3.8, 4) is 0 Å². The molecule has 0 aliphatic carbocycles. The van der Waals surface area contributed by atoms with Crippen LogP contribution in [-0.4, -0.2) is 94.3 Å². The molecular weight excluding hydrogens is 910 g/mol. The number of ether oxygens (including phenoxy) is 2. The van der Waals surface area contributed by atoms with Crippen LogP contribution >= 0.6 is 0 Å². The number of aromatic amines is 4. The Balaban J connectivity index is 0.000000149. The van der Waals surface area contributed by atoms with E-state index in [4.69, 9.17) is 9.47 Å². The smallest absolute Gasteiger partial charge is 0.588 e. The standard InChI is InChI=1S/2C22H23B2N7.2C4H8O.2Li/c2*1-27-23(28-17-8-15-25-28,21-11-4-2-5-12-21)30-19-10-20-31(30)24(27,29-18-9-16-26-29)22-13-6-3-7-14-22;2*1-2-4-5-3-1;;/h2*2-20,27H,1H3;2*1-4H2;;/q;;;;2*+1/p+4/t2*23-,24+;;;;. The van der Waals surface area contributed by atoms with E-state index >= 15 is 0 Å². The maximum atomic E-state index is 4.94. The first-order valence-electron chi connectivity index (χ1n) is 25.7. The van der Waals surface area contributed by atoms with Gasteiger partial charge in [-0.05, 0) is 50.7 Å². The number of quaternary nitrogens is 2. The van der Waals surface area contributed by atoms with Crippen LogP contribution in [0.4, 0.5) is 0 Å². The number of aromatic nitrogens is 12. The summed E-state index contributed by atoms with van der Waals surface area (Å²) in [4.78, 5) is 0. The van der Waals surface area contributed by atoms with Crippen LogP contribution in [0.2, 0.25) is 0 Å². The van der Waals surface area contributed by atoms with Crippen LogP contribution in [0, 0.1) is 0 Å². The van der Waals surface area contributed by atoms with Crippen LogP contribution in [0.5, 0.6) is 0 Å². The Morgan fingerprint density at radius 1 is 0.378 bits per heavy atom. The molecule has 2 unspecified atom stereocenters. The fraction of sp³-hybridized carbons (Fsp3) is 0.192. The van der Waals surface area contributed by atoms with Gasteiger partial charge in [0, 0.05) is 100 Å². The van der Waals surface area contributed by atoms with Crippen molar-refractivity contribution in [3.05, 3.63) is 232 Å². The molecule has 0 radical (unpaired) electrons. The van der Waals surface area contributed by atoms with Crippen molar-refractivity contribution in [2.45, 2.75) is 25.7 Å². The van der Waals surface area contributed by atoms with Gasteiger partial charge in [0.1, 0.15) is 12.4 Å². The summed E-state index contributed by atoms with van der Waals surface area (Å²) in [5.74, 6) is 0. The first-order valence-corrected chi connectivity index (χ1v) is 25.7. The second-order valence-corrected chi connectivity index (χ2v) is 19.6. The number of H-pyrrole nitrogens is 4. The number of fused-ring (bicyclic) bond motifs is 2. The zero-order valence-corrected chi connectivity index (χ0v) is 43.3. The van der Waals surface area contributed by atoms with Crippen molar-refractivity contribution in [2.75, 3.05) is 40.5 Å². The van der Waals surface area contributed by atoms with Crippen molar-refractivity contribution in [1.29, 1.82) is 0 Å². The average Bonchev–Trinajstić information content (AvgIpc) is 4.29. The molecule has 22 heteroatoms. The average molecular weight is 976 g/mol. The number of nitrogens with zero attached hydrogens (tertiary/aromatic N) is 8. The molecule has 74 heavy (non-hydrogen) atoms. The van der Waals surface area contributed by atoms with Crippen LogP contribution in [0.3, 0.4) is 0 Å². The molecule has 6 atom stereocenters. The topological polar surface area (TPSA) is 121 Å². The quantitative estimate of drug-likeness (QED) is 0.147. The van der Waals surface area contributed by atoms with Gasteiger partial charge in [-0.1, -0.05) is 132 Å². The maximum Gasteiger partial charge on any atom is 1.00 e. The van der Waals surface area contributed by atoms with Gasteiger partial charge in [0.2, 0.25) is 0 Å². The molecule has 0 bridgehead atoms. The Hall–Kier alpha value is -6.57. The second kappa shape index (κ2) is 22.9. The zero-order valence-electron chi connectivity index (χ0n) is 43.3. The molecule has 10 heterocycles. The Bertz CT molecular complexity index is 2790. The molecule has 2 saturated heterocycles. The minimum atomic E-state index is -1.50. The summed E-state index contributed by atoms with van der Waals surface area (Å²) in [5.41, 5.74) is 5.02. The molecule has 0 saturated carbocycles. The van der Waals surface area contributed by atoms with Gasteiger partial charge in [-0.25, -0.2) is 9.19 Å². The summed E-state index contributed by atoms with van der Waals surface area (Å²) in [6, 6.07) is 55.7. The molecule has 4 aliphatic heterocycles. The molecule has 2 fully saturated rings. The monoisotopic (exact) mass is 977 g/mol. The summed E-state index contributed by atoms with van der Waals surface area (Å²) in [6.07, 6.45) is 30.4. The van der Waals surface area contributed by atoms with E-state index < -0.39 is 26.2 Å². The van der Waals surface area contributed by atoms with E-state index in [1.54, 1.807) is 0 Å². The van der Waals surface area contributed by atoms with E-state index in [1.165, 1.54) is 57.0 Å². The van der Waals surface area contributed by atoms with Crippen molar-refractivity contribution in [1.82, 2.24) is 27.6 Å². The zero-order chi connectivity index (χ0) is 48.9. The number of benzene rings is 4. The summed E-state index contributed by atoms with van der Waals surface area (Å²) >= 11 is 0. The minimum absolute atomic E-state index is 0. The fourth-order valence-electron chi connectivity index (χ4n) is 13.3. The first-order chi connectivity index (χ1) is 35.6. The van der Waals surface area contributed by atoms with E-state index in [2.05, 4.69) is 279 Å². The number of nitrogens with one attached hydrogen (secondary N) is 6. The summed E-state index contributed by atoms with van der Waals surface area (Å²) in [5, 5.41) is 14.0. The van der Waals surface area contributed by atoms with E-state index in [-0.39, 0.29) is 37.7 Å². The third kappa shape index (κ3) is 8.44. The van der Waals surface area contributed by atoms with Crippen LogP contribution in [-0.2, 0) is 9.47 Å². The van der Waals surface area contributed by atoms with Gasteiger partial charge in [-0.3, -0.25) is 18.4 Å². The molecule has 16 nitrogen and oxygen atoms in total. The summed E-state index contributed by atoms with van der Waals surface area (Å²) in [7, 11) is 4.61. The van der Waals surface area contributed by atoms with Crippen molar-refractivity contribution in [3.63, 3.8) is 0 Å².